The van der Waals surface area contributed by atoms with E-state index in [0.717, 1.165) is 5.69 Å². The molecule has 0 aliphatic carbocycles. The first-order valence-electron chi connectivity index (χ1n) is 9.70. The number of benzene rings is 2. The van der Waals surface area contributed by atoms with Gasteiger partial charge in [-0.25, -0.2) is 9.97 Å². The number of ketones is 1. The first-order valence-corrected chi connectivity index (χ1v) is 11.7. The van der Waals surface area contributed by atoms with E-state index in [1.165, 1.54) is 30.6 Å². The summed E-state index contributed by atoms with van der Waals surface area (Å²) in [5.74, 6) is 1.38. The van der Waals surface area contributed by atoms with Crippen LogP contribution in [0, 0.1) is 6.92 Å². The molecule has 0 aliphatic rings. The first-order chi connectivity index (χ1) is 15.5. The van der Waals surface area contributed by atoms with Crippen LogP contribution in [-0.2, 0) is 4.79 Å². The van der Waals surface area contributed by atoms with Crippen molar-refractivity contribution in [3.8, 4) is 11.5 Å². The monoisotopic (exact) mass is 469 g/mol. The van der Waals surface area contributed by atoms with Crippen molar-refractivity contribution in [2.24, 2.45) is 0 Å². The lowest BCUT2D eigenvalue weighted by atomic mass is 10.2. The smallest absolute Gasteiger partial charge is 0.234 e. The molecule has 0 spiro atoms. The second-order valence-corrected chi connectivity index (χ2v) is 8.55. The fraction of sp³-hybridized carbons (Fsp3) is 0.217. The molecule has 0 radical (unpaired) electrons. The number of amides is 1. The zero-order valence-corrected chi connectivity index (χ0v) is 19.6. The molecule has 1 amide bonds. The van der Waals surface area contributed by atoms with Gasteiger partial charge in [-0.1, -0.05) is 53.9 Å². The van der Waals surface area contributed by atoms with E-state index in [-0.39, 0.29) is 23.2 Å². The minimum atomic E-state index is -0.203. The van der Waals surface area contributed by atoms with Crippen molar-refractivity contribution in [1.82, 2.24) is 9.97 Å². The molecule has 32 heavy (non-hydrogen) atoms. The SMILES string of the molecule is COc1ccc(OC)c(NC(=O)CSc2cc(C)nc(SCC(=O)c3ccccc3)n2)c1. The van der Waals surface area contributed by atoms with Crippen LogP contribution in [-0.4, -0.2) is 47.4 Å². The molecule has 3 rings (SSSR count). The molecule has 1 heterocycles. The highest BCUT2D eigenvalue weighted by Crippen LogP contribution is 2.29. The summed E-state index contributed by atoms with van der Waals surface area (Å²) in [6.07, 6.45) is 0. The molecule has 166 valence electrons. The highest BCUT2D eigenvalue weighted by Gasteiger charge is 2.12. The molecule has 0 fully saturated rings. The number of methoxy groups -OCH3 is 2. The molecular weight excluding hydrogens is 446 g/mol. The third-order valence-electron chi connectivity index (χ3n) is 4.27. The first kappa shape index (κ1) is 23.6. The molecule has 1 N–H and O–H groups in total. The topological polar surface area (TPSA) is 90.4 Å². The Bertz CT molecular complexity index is 1090. The predicted octanol–water partition coefficient (Wildman–Crippen LogP) is 4.51. The van der Waals surface area contributed by atoms with Crippen LogP contribution in [0.25, 0.3) is 0 Å². The average molecular weight is 470 g/mol. The summed E-state index contributed by atoms with van der Waals surface area (Å²) in [4.78, 5) is 33.7. The number of ether oxygens (including phenoxy) is 2. The number of aryl methyl sites for hydroxylation is 1. The Morgan fingerprint density at radius 2 is 1.72 bits per heavy atom. The van der Waals surface area contributed by atoms with Gasteiger partial charge in [0.2, 0.25) is 5.91 Å². The molecule has 1 aromatic heterocycles. The highest BCUT2D eigenvalue weighted by atomic mass is 32.2. The van der Waals surface area contributed by atoms with Crippen LogP contribution in [0.1, 0.15) is 16.1 Å². The maximum absolute atomic E-state index is 12.5. The molecule has 0 unspecified atom stereocenters. The van der Waals surface area contributed by atoms with E-state index in [0.29, 0.717) is 32.9 Å². The third-order valence-corrected chi connectivity index (χ3v) is 6.03. The second-order valence-electron chi connectivity index (χ2n) is 6.61. The number of hydrogen-bond donors (Lipinski definition) is 1. The Balaban J connectivity index is 1.59. The van der Waals surface area contributed by atoms with Crippen molar-refractivity contribution in [2.75, 3.05) is 31.0 Å². The lowest BCUT2D eigenvalue weighted by Gasteiger charge is -2.11. The van der Waals surface area contributed by atoms with Crippen molar-refractivity contribution in [3.05, 3.63) is 65.9 Å². The fourth-order valence-corrected chi connectivity index (χ4v) is 4.34. The predicted molar refractivity (Wildman–Crippen MR) is 127 cm³/mol. The van der Waals surface area contributed by atoms with E-state index in [2.05, 4.69) is 15.3 Å². The summed E-state index contributed by atoms with van der Waals surface area (Å²) in [5.41, 5.74) is 1.96. The van der Waals surface area contributed by atoms with Gasteiger partial charge in [0.1, 0.15) is 16.5 Å². The Labute approximate surface area is 195 Å². The number of rotatable bonds is 10. The van der Waals surface area contributed by atoms with Crippen LogP contribution in [0.2, 0.25) is 0 Å². The van der Waals surface area contributed by atoms with Gasteiger partial charge in [-0.15, -0.1) is 0 Å². The maximum atomic E-state index is 12.5. The standard InChI is InChI=1S/C23H23N3O4S2/c1-15-11-22(26-23(24-15)32-13-19(27)16-7-5-4-6-8-16)31-14-21(28)25-18-12-17(29-2)9-10-20(18)30-3/h4-12H,13-14H2,1-3H3,(H,25,28). The van der Waals surface area contributed by atoms with Crippen LogP contribution in [0.3, 0.4) is 0 Å². The van der Waals surface area contributed by atoms with Crippen molar-refractivity contribution in [1.29, 1.82) is 0 Å². The van der Waals surface area contributed by atoms with E-state index in [4.69, 9.17) is 9.47 Å². The van der Waals surface area contributed by atoms with Crippen molar-refractivity contribution in [3.63, 3.8) is 0 Å². The largest absolute Gasteiger partial charge is 0.497 e. The van der Waals surface area contributed by atoms with E-state index >= 15 is 0 Å². The fourth-order valence-electron chi connectivity index (χ4n) is 2.73. The van der Waals surface area contributed by atoms with Gasteiger partial charge >= 0.3 is 0 Å². The van der Waals surface area contributed by atoms with Crippen LogP contribution in [0.5, 0.6) is 11.5 Å². The number of aromatic nitrogens is 2. The molecule has 0 atom stereocenters. The lowest BCUT2D eigenvalue weighted by Crippen LogP contribution is -2.15. The zero-order chi connectivity index (χ0) is 22.9. The van der Waals surface area contributed by atoms with Crippen LogP contribution < -0.4 is 14.8 Å². The Hall–Kier alpha value is -3.04. The van der Waals surface area contributed by atoms with Crippen LogP contribution in [0.15, 0.2) is 64.8 Å². The van der Waals surface area contributed by atoms with Gasteiger partial charge in [0.15, 0.2) is 10.9 Å². The number of hydrogen-bond acceptors (Lipinski definition) is 8. The van der Waals surface area contributed by atoms with Gasteiger partial charge in [0.25, 0.3) is 0 Å². The summed E-state index contributed by atoms with van der Waals surface area (Å²) >= 11 is 2.58. The van der Waals surface area contributed by atoms with Gasteiger partial charge < -0.3 is 14.8 Å². The quantitative estimate of drug-likeness (QED) is 0.201. The maximum Gasteiger partial charge on any atom is 0.234 e. The number of carbonyl (C=O) groups is 2. The van der Waals surface area contributed by atoms with E-state index in [9.17, 15) is 9.59 Å². The molecule has 0 bridgehead atoms. The minimum absolute atomic E-state index is 0.0153. The Morgan fingerprint density at radius 1 is 0.938 bits per heavy atom. The summed E-state index contributed by atoms with van der Waals surface area (Å²) in [6.45, 7) is 1.86. The van der Waals surface area contributed by atoms with Crippen molar-refractivity contribution in [2.45, 2.75) is 17.1 Å². The zero-order valence-electron chi connectivity index (χ0n) is 18.0. The number of nitrogens with one attached hydrogen (secondary N) is 1. The summed E-state index contributed by atoms with van der Waals surface area (Å²) in [5, 5.41) is 4.01. The van der Waals surface area contributed by atoms with E-state index < -0.39 is 0 Å². The summed E-state index contributed by atoms with van der Waals surface area (Å²) < 4.78 is 10.5. The van der Waals surface area contributed by atoms with Gasteiger partial charge in [-0.05, 0) is 25.1 Å². The number of thioether (sulfide) groups is 2. The van der Waals surface area contributed by atoms with Crippen molar-refractivity contribution < 1.29 is 19.1 Å². The Kier molecular flexibility index (Phi) is 8.52. The second kappa shape index (κ2) is 11.5. The average Bonchev–Trinajstić information content (AvgIpc) is 2.81. The molecular formula is C23H23N3O4S2. The van der Waals surface area contributed by atoms with Crippen LogP contribution in [0.4, 0.5) is 5.69 Å². The number of nitrogens with zero attached hydrogens (tertiary/aromatic N) is 2. The number of carbonyl (C=O) groups excluding carboxylic acids is 2. The van der Waals surface area contributed by atoms with Gasteiger partial charge in [-0.2, -0.15) is 0 Å². The normalized spacial score (nSPS) is 10.5. The lowest BCUT2D eigenvalue weighted by molar-refractivity contribution is -0.113. The molecule has 0 saturated heterocycles. The molecule has 0 aliphatic heterocycles. The third kappa shape index (κ3) is 6.73. The number of anilines is 1. The highest BCUT2D eigenvalue weighted by molar-refractivity contribution is 8.00. The molecule has 0 saturated carbocycles. The summed E-state index contributed by atoms with van der Waals surface area (Å²) in [6, 6.07) is 16.1. The molecule has 7 nitrogen and oxygen atoms in total. The number of Topliss-reactive ketones (excluding diaryl/α,β-unsaturated/α-hetero) is 1. The van der Waals surface area contributed by atoms with E-state index in [1.807, 2.05) is 31.2 Å². The van der Waals surface area contributed by atoms with Gasteiger partial charge in [0, 0.05) is 17.3 Å². The van der Waals surface area contributed by atoms with Gasteiger partial charge in [0.05, 0.1) is 31.4 Å². The summed E-state index contributed by atoms with van der Waals surface area (Å²) in [7, 11) is 3.10. The van der Waals surface area contributed by atoms with Crippen LogP contribution >= 0.6 is 23.5 Å². The van der Waals surface area contributed by atoms with Gasteiger partial charge in [-0.3, -0.25) is 9.59 Å². The molecule has 9 heteroatoms. The Morgan fingerprint density at radius 3 is 2.44 bits per heavy atom. The van der Waals surface area contributed by atoms with Crippen molar-refractivity contribution >= 4 is 40.9 Å². The molecule has 2 aromatic carbocycles. The minimum Gasteiger partial charge on any atom is -0.497 e. The molecule has 3 aromatic rings. The van der Waals surface area contributed by atoms with E-state index in [1.54, 1.807) is 37.4 Å².